The Bertz CT molecular complexity index is 579. The molecule has 3 N–H and O–H groups in total. The Kier molecular flexibility index (Phi) is 4.79. The number of nitrogens with zero attached hydrogens (tertiary/aromatic N) is 2. The van der Waals surface area contributed by atoms with Crippen LogP contribution in [0.25, 0.3) is 0 Å². The number of methoxy groups -OCH3 is 2. The van der Waals surface area contributed by atoms with Gasteiger partial charge in [0.15, 0.2) is 0 Å². The van der Waals surface area contributed by atoms with Gasteiger partial charge in [-0.05, 0) is 12.3 Å². The summed E-state index contributed by atoms with van der Waals surface area (Å²) in [5.41, 5.74) is 9.52. The highest BCUT2D eigenvalue weighted by atomic mass is 32.2. The summed E-state index contributed by atoms with van der Waals surface area (Å²) in [5.74, 6) is 0.387. The van der Waals surface area contributed by atoms with Gasteiger partial charge in [0, 0.05) is 5.56 Å². The van der Waals surface area contributed by atoms with Crippen LogP contribution in [0.1, 0.15) is 10.9 Å². The molecule has 1 unspecified atom stereocenters. The van der Waals surface area contributed by atoms with E-state index in [1.807, 2.05) is 6.26 Å². The Morgan fingerprint density at radius 3 is 2.76 bits per heavy atom. The highest BCUT2D eigenvalue weighted by Gasteiger charge is 2.26. The molecule has 1 aliphatic rings. The minimum Gasteiger partial charge on any atom is -0.481 e. The largest absolute Gasteiger partial charge is 0.481 e. The minimum atomic E-state index is -0.456. The quantitative estimate of drug-likeness (QED) is 0.829. The van der Waals surface area contributed by atoms with Crippen LogP contribution in [-0.4, -0.2) is 31.5 Å². The number of benzene rings is 1. The lowest BCUT2D eigenvalue weighted by atomic mass is 10.1. The third kappa shape index (κ3) is 3.15. The van der Waals surface area contributed by atoms with E-state index in [4.69, 9.17) is 15.2 Å². The predicted octanol–water partition coefficient (Wildman–Crippen LogP) is 2.04. The van der Waals surface area contributed by atoms with E-state index in [2.05, 4.69) is 10.5 Å². The van der Waals surface area contributed by atoms with E-state index in [1.165, 1.54) is 37.2 Å². The van der Waals surface area contributed by atoms with Crippen molar-refractivity contribution in [2.75, 3.05) is 26.2 Å². The van der Waals surface area contributed by atoms with Gasteiger partial charge in [0.05, 0.1) is 26.0 Å². The van der Waals surface area contributed by atoms with Crippen LogP contribution in [-0.2, 0) is 9.47 Å². The molecule has 0 aliphatic carbocycles. The normalized spacial score (nSPS) is 15.7. The van der Waals surface area contributed by atoms with Gasteiger partial charge < -0.3 is 15.2 Å². The molecule has 1 aliphatic heterocycles. The molecular weight excluding hydrogens is 295 g/mol. The van der Waals surface area contributed by atoms with Crippen LogP contribution in [0.2, 0.25) is 0 Å². The summed E-state index contributed by atoms with van der Waals surface area (Å²) < 4.78 is 24.0. The number of ether oxygens (including phenoxy) is 2. The first-order valence-electron chi connectivity index (χ1n) is 6.11. The number of hydrogen-bond acceptors (Lipinski definition) is 7. The number of nitrogens with two attached hydrogens (primary N) is 1. The zero-order valence-corrected chi connectivity index (χ0v) is 12.8. The summed E-state index contributed by atoms with van der Waals surface area (Å²) in [7, 11) is 3.04. The van der Waals surface area contributed by atoms with Crippen LogP contribution < -0.4 is 11.2 Å². The first kappa shape index (κ1) is 15.3. The molecule has 1 atom stereocenters. The zero-order chi connectivity index (χ0) is 15.4. The molecule has 1 aromatic rings. The molecule has 0 spiro atoms. The molecule has 2 rings (SSSR count). The Labute approximate surface area is 126 Å². The molecule has 6 nitrogen and oxygen atoms in total. The SMILES string of the molecule is COC1=CC(OC)=NN(C(SC)c2cccc(F)c2N)N1. The summed E-state index contributed by atoms with van der Waals surface area (Å²) in [4.78, 5) is 0. The molecule has 114 valence electrons. The second-order valence-electron chi connectivity index (χ2n) is 4.14. The Morgan fingerprint density at radius 2 is 2.14 bits per heavy atom. The maximum absolute atomic E-state index is 13.7. The van der Waals surface area contributed by atoms with Gasteiger partial charge in [-0.15, -0.1) is 16.9 Å². The average molecular weight is 312 g/mol. The summed E-state index contributed by atoms with van der Waals surface area (Å²) in [6.07, 6.45) is 3.49. The number of rotatable bonds is 4. The van der Waals surface area contributed by atoms with Crippen LogP contribution in [0.4, 0.5) is 10.1 Å². The van der Waals surface area contributed by atoms with Gasteiger partial charge in [0.2, 0.25) is 11.8 Å². The fourth-order valence-electron chi connectivity index (χ4n) is 1.86. The predicted molar refractivity (Wildman–Crippen MR) is 81.6 cm³/mol. The molecule has 0 fully saturated rings. The van der Waals surface area contributed by atoms with Crippen molar-refractivity contribution in [2.45, 2.75) is 5.37 Å². The summed E-state index contributed by atoms with van der Waals surface area (Å²) in [6.45, 7) is 0. The zero-order valence-electron chi connectivity index (χ0n) is 12.0. The van der Waals surface area contributed by atoms with E-state index in [0.29, 0.717) is 17.3 Å². The number of para-hydroxylation sites is 1. The van der Waals surface area contributed by atoms with E-state index in [9.17, 15) is 4.39 Å². The summed E-state index contributed by atoms with van der Waals surface area (Å²) in [6, 6.07) is 4.69. The number of hydrogen-bond donors (Lipinski definition) is 2. The molecule has 0 radical (unpaired) electrons. The minimum absolute atomic E-state index is 0.0985. The summed E-state index contributed by atoms with van der Waals surface area (Å²) >= 11 is 1.45. The monoisotopic (exact) mass is 312 g/mol. The Hall–Kier alpha value is -2.09. The fourth-order valence-corrected chi connectivity index (χ4v) is 2.62. The first-order chi connectivity index (χ1) is 10.1. The van der Waals surface area contributed by atoms with Crippen LogP contribution in [0.15, 0.2) is 35.3 Å². The second kappa shape index (κ2) is 6.57. The van der Waals surface area contributed by atoms with E-state index in [1.54, 1.807) is 18.2 Å². The Balaban J connectivity index is 2.36. The number of halogens is 1. The van der Waals surface area contributed by atoms with Crippen molar-refractivity contribution in [1.29, 1.82) is 0 Å². The highest BCUT2D eigenvalue weighted by molar-refractivity contribution is 7.98. The van der Waals surface area contributed by atoms with Crippen molar-refractivity contribution in [3.05, 3.63) is 41.5 Å². The Morgan fingerprint density at radius 1 is 1.38 bits per heavy atom. The number of hydrazine groups is 1. The third-order valence-electron chi connectivity index (χ3n) is 2.91. The van der Waals surface area contributed by atoms with E-state index in [-0.39, 0.29) is 11.1 Å². The maximum Gasteiger partial charge on any atom is 0.238 e. The number of anilines is 1. The van der Waals surface area contributed by atoms with Crippen molar-refractivity contribution < 1.29 is 13.9 Å². The standard InChI is InChI=1S/C13H17FN4O2S/c1-19-10-7-11(20-2)17-18(16-10)13(21-3)8-5-4-6-9(14)12(8)15/h4-7,13,16H,15H2,1-3H3. The molecule has 0 saturated heterocycles. The van der Waals surface area contributed by atoms with Gasteiger partial charge in [-0.2, -0.15) is 5.12 Å². The third-order valence-corrected chi connectivity index (χ3v) is 3.81. The van der Waals surface area contributed by atoms with Gasteiger partial charge in [-0.1, -0.05) is 12.1 Å². The molecule has 0 saturated carbocycles. The lowest BCUT2D eigenvalue weighted by Crippen LogP contribution is -2.39. The lowest BCUT2D eigenvalue weighted by Gasteiger charge is -2.32. The molecule has 21 heavy (non-hydrogen) atoms. The van der Waals surface area contributed by atoms with Crippen molar-refractivity contribution >= 4 is 23.3 Å². The van der Waals surface area contributed by atoms with E-state index >= 15 is 0 Å². The van der Waals surface area contributed by atoms with Gasteiger partial charge in [0.25, 0.3) is 0 Å². The van der Waals surface area contributed by atoms with Gasteiger partial charge in [-0.25, -0.2) is 4.39 Å². The van der Waals surface area contributed by atoms with Crippen LogP contribution in [0.3, 0.4) is 0 Å². The maximum atomic E-state index is 13.7. The highest BCUT2D eigenvalue weighted by Crippen LogP contribution is 2.35. The number of thioether (sulfide) groups is 1. The van der Waals surface area contributed by atoms with Crippen LogP contribution >= 0.6 is 11.8 Å². The number of nitrogens with one attached hydrogen (secondary N) is 1. The van der Waals surface area contributed by atoms with Crippen LogP contribution in [0.5, 0.6) is 0 Å². The molecule has 0 amide bonds. The first-order valence-corrected chi connectivity index (χ1v) is 7.40. The van der Waals surface area contributed by atoms with Crippen LogP contribution in [0, 0.1) is 5.82 Å². The molecule has 0 aromatic heterocycles. The van der Waals surface area contributed by atoms with Crippen molar-refractivity contribution in [1.82, 2.24) is 10.5 Å². The van der Waals surface area contributed by atoms with E-state index < -0.39 is 5.82 Å². The van der Waals surface area contributed by atoms with Crippen molar-refractivity contribution in [2.24, 2.45) is 5.10 Å². The number of nitrogen functional groups attached to an aromatic ring is 1. The smallest absolute Gasteiger partial charge is 0.238 e. The van der Waals surface area contributed by atoms with Gasteiger partial charge >= 0.3 is 0 Å². The molecule has 8 heteroatoms. The fraction of sp³-hybridized carbons (Fsp3) is 0.308. The number of hydrazone groups is 1. The van der Waals surface area contributed by atoms with Crippen molar-refractivity contribution in [3.63, 3.8) is 0 Å². The van der Waals surface area contributed by atoms with Crippen molar-refractivity contribution in [3.8, 4) is 0 Å². The molecular formula is C13H17FN4O2S. The average Bonchev–Trinajstić information content (AvgIpc) is 2.51. The van der Waals surface area contributed by atoms with Gasteiger partial charge in [0.1, 0.15) is 11.2 Å². The summed E-state index contributed by atoms with van der Waals surface area (Å²) in [5, 5.41) is 5.46. The molecule has 1 aromatic carbocycles. The lowest BCUT2D eigenvalue weighted by molar-refractivity contribution is 0.123. The second-order valence-corrected chi connectivity index (χ2v) is 5.06. The molecule has 1 heterocycles. The van der Waals surface area contributed by atoms with E-state index in [0.717, 1.165) is 0 Å². The van der Waals surface area contributed by atoms with Gasteiger partial charge in [-0.3, -0.25) is 5.43 Å². The molecule has 0 bridgehead atoms. The topological polar surface area (TPSA) is 72.1 Å².